The molecule has 2 aromatic rings. The van der Waals surface area contributed by atoms with Crippen molar-refractivity contribution in [3.63, 3.8) is 0 Å². The molecule has 0 spiro atoms. The van der Waals surface area contributed by atoms with Crippen LogP contribution in [0.5, 0.6) is 0 Å². The van der Waals surface area contributed by atoms with Gasteiger partial charge in [-0.3, -0.25) is 9.59 Å². The number of fused-ring (bicyclic) bond motifs is 1. The summed E-state index contributed by atoms with van der Waals surface area (Å²) >= 11 is 9.40. The van der Waals surface area contributed by atoms with E-state index in [2.05, 4.69) is 31.5 Å². The molecule has 0 aliphatic carbocycles. The number of carbonyl (C=O) groups is 2. The van der Waals surface area contributed by atoms with Gasteiger partial charge in [-0.2, -0.15) is 0 Å². The van der Waals surface area contributed by atoms with E-state index >= 15 is 0 Å². The number of anilines is 2. The van der Waals surface area contributed by atoms with Gasteiger partial charge in [0.05, 0.1) is 17.1 Å². The first-order valence-corrected chi connectivity index (χ1v) is 7.26. The summed E-state index contributed by atoms with van der Waals surface area (Å²) in [6.45, 7) is 0. The maximum absolute atomic E-state index is 12.2. The molecule has 1 aliphatic rings. The van der Waals surface area contributed by atoms with Gasteiger partial charge >= 0.3 is 0 Å². The van der Waals surface area contributed by atoms with E-state index < -0.39 is 0 Å². The normalized spacial score (nSPS) is 12.8. The monoisotopic (exact) mass is 365 g/mol. The van der Waals surface area contributed by atoms with Crippen molar-refractivity contribution in [3.8, 4) is 0 Å². The fourth-order valence-electron chi connectivity index (χ4n) is 2.08. The smallest absolute Gasteiger partial charge is 0.275 e. The van der Waals surface area contributed by atoms with Crippen molar-refractivity contribution in [2.24, 2.45) is 0 Å². The van der Waals surface area contributed by atoms with Crippen molar-refractivity contribution in [2.75, 3.05) is 10.6 Å². The van der Waals surface area contributed by atoms with Crippen LogP contribution in [0.25, 0.3) is 0 Å². The average molecular weight is 367 g/mol. The molecule has 0 atom stereocenters. The Hall–Kier alpha value is -1.92. The molecule has 0 fully saturated rings. The van der Waals surface area contributed by atoms with Gasteiger partial charge < -0.3 is 10.6 Å². The van der Waals surface area contributed by atoms with Gasteiger partial charge in [-0.1, -0.05) is 11.6 Å². The van der Waals surface area contributed by atoms with Crippen molar-refractivity contribution in [1.82, 2.24) is 4.98 Å². The minimum Gasteiger partial charge on any atom is -0.325 e. The zero-order valence-corrected chi connectivity index (χ0v) is 13.0. The molecule has 2 amide bonds. The Balaban J connectivity index is 1.89. The summed E-state index contributed by atoms with van der Waals surface area (Å²) in [6, 6.07) is 6.78. The SMILES string of the molecule is O=C1Cc2cc(NC(=O)c3ncccc3Br)c(Cl)cc2N1. The number of benzene rings is 1. The Morgan fingerprint density at radius 3 is 3.00 bits per heavy atom. The number of pyridine rings is 1. The lowest BCUT2D eigenvalue weighted by molar-refractivity contribution is -0.115. The molecule has 1 aliphatic heterocycles. The number of nitrogens with zero attached hydrogens (tertiary/aromatic N) is 1. The fourth-order valence-corrected chi connectivity index (χ4v) is 2.72. The number of carbonyl (C=O) groups excluding carboxylic acids is 2. The van der Waals surface area contributed by atoms with Gasteiger partial charge in [0.1, 0.15) is 5.69 Å². The topological polar surface area (TPSA) is 71.1 Å². The van der Waals surface area contributed by atoms with E-state index in [0.29, 0.717) is 20.9 Å². The Morgan fingerprint density at radius 2 is 2.24 bits per heavy atom. The highest BCUT2D eigenvalue weighted by Crippen LogP contribution is 2.33. The molecule has 0 saturated carbocycles. The zero-order chi connectivity index (χ0) is 15.0. The molecule has 7 heteroatoms. The van der Waals surface area contributed by atoms with Crippen LogP contribution in [0.4, 0.5) is 11.4 Å². The van der Waals surface area contributed by atoms with Gasteiger partial charge in [-0.15, -0.1) is 0 Å². The van der Waals surface area contributed by atoms with E-state index in [9.17, 15) is 9.59 Å². The average Bonchev–Trinajstić information content (AvgIpc) is 2.78. The number of rotatable bonds is 2. The Kier molecular flexibility index (Phi) is 3.65. The number of hydrogen-bond acceptors (Lipinski definition) is 3. The lowest BCUT2D eigenvalue weighted by atomic mass is 10.1. The lowest BCUT2D eigenvalue weighted by Crippen LogP contribution is -2.14. The predicted molar refractivity (Wildman–Crippen MR) is 83.7 cm³/mol. The van der Waals surface area contributed by atoms with Crippen LogP contribution in [-0.4, -0.2) is 16.8 Å². The second kappa shape index (κ2) is 5.46. The Labute approximate surface area is 133 Å². The van der Waals surface area contributed by atoms with Gasteiger partial charge in [-0.05, 0) is 45.8 Å². The molecule has 5 nitrogen and oxygen atoms in total. The minimum absolute atomic E-state index is 0.0861. The van der Waals surface area contributed by atoms with Crippen LogP contribution in [0, 0.1) is 0 Å². The number of nitrogens with one attached hydrogen (secondary N) is 2. The van der Waals surface area contributed by atoms with Crippen LogP contribution < -0.4 is 10.6 Å². The summed E-state index contributed by atoms with van der Waals surface area (Å²) in [5.74, 6) is -0.460. The van der Waals surface area contributed by atoms with Crippen molar-refractivity contribution in [2.45, 2.75) is 6.42 Å². The van der Waals surface area contributed by atoms with E-state index in [0.717, 1.165) is 5.56 Å². The van der Waals surface area contributed by atoms with E-state index in [1.54, 1.807) is 24.3 Å². The van der Waals surface area contributed by atoms with Gasteiger partial charge in [0.25, 0.3) is 5.91 Å². The van der Waals surface area contributed by atoms with Crippen LogP contribution >= 0.6 is 27.5 Å². The van der Waals surface area contributed by atoms with Gasteiger partial charge in [0, 0.05) is 16.4 Å². The maximum Gasteiger partial charge on any atom is 0.275 e. The van der Waals surface area contributed by atoms with Gasteiger partial charge in [0.15, 0.2) is 0 Å². The molecule has 0 saturated heterocycles. The quantitative estimate of drug-likeness (QED) is 0.857. The molecule has 0 unspecified atom stereocenters. The molecule has 106 valence electrons. The number of amides is 2. The highest BCUT2D eigenvalue weighted by molar-refractivity contribution is 9.10. The number of aromatic nitrogens is 1. The summed E-state index contributed by atoms with van der Waals surface area (Å²) in [4.78, 5) is 27.6. The van der Waals surface area contributed by atoms with Gasteiger partial charge in [0.2, 0.25) is 5.91 Å². The molecule has 1 aromatic carbocycles. The van der Waals surface area contributed by atoms with Crippen molar-refractivity contribution < 1.29 is 9.59 Å². The molecule has 0 bridgehead atoms. The van der Waals surface area contributed by atoms with Crippen molar-refractivity contribution >= 4 is 50.7 Å². The minimum atomic E-state index is -0.374. The van der Waals surface area contributed by atoms with Crippen molar-refractivity contribution in [1.29, 1.82) is 0 Å². The lowest BCUT2D eigenvalue weighted by Gasteiger charge is -2.09. The third-order valence-corrected chi connectivity index (χ3v) is 3.99. The summed E-state index contributed by atoms with van der Waals surface area (Å²) < 4.78 is 0.594. The first-order chi connectivity index (χ1) is 10.0. The van der Waals surface area contributed by atoms with E-state index in [1.165, 1.54) is 6.20 Å². The van der Waals surface area contributed by atoms with Gasteiger partial charge in [-0.25, -0.2) is 4.98 Å². The number of hydrogen-bond donors (Lipinski definition) is 2. The number of halogens is 2. The second-order valence-electron chi connectivity index (χ2n) is 4.50. The summed E-state index contributed by atoms with van der Waals surface area (Å²) in [5, 5.41) is 5.77. The molecule has 0 radical (unpaired) electrons. The summed E-state index contributed by atoms with van der Waals surface area (Å²) in [7, 11) is 0. The third kappa shape index (κ3) is 2.77. The molecule has 3 rings (SSSR count). The fraction of sp³-hybridized carbons (Fsp3) is 0.0714. The molecular weight excluding hydrogens is 358 g/mol. The van der Waals surface area contributed by atoms with Crippen LogP contribution in [-0.2, 0) is 11.2 Å². The molecule has 2 N–H and O–H groups in total. The van der Waals surface area contributed by atoms with E-state index in [-0.39, 0.29) is 23.9 Å². The highest BCUT2D eigenvalue weighted by Gasteiger charge is 2.21. The standard InChI is InChI=1S/C14H9BrClN3O2/c15-8-2-1-3-17-13(8)14(21)19-11-4-7-5-12(20)18-10(7)6-9(11)16/h1-4,6H,5H2,(H,18,20)(H,19,21). The van der Waals surface area contributed by atoms with Crippen LogP contribution in [0.15, 0.2) is 34.9 Å². The first-order valence-electron chi connectivity index (χ1n) is 6.09. The van der Waals surface area contributed by atoms with E-state index in [1.807, 2.05) is 0 Å². The Bertz CT molecular complexity index is 764. The summed E-state index contributed by atoms with van der Waals surface area (Å²) in [5.41, 5.74) is 2.21. The van der Waals surface area contributed by atoms with Crippen LogP contribution in [0.3, 0.4) is 0 Å². The molecule has 1 aromatic heterocycles. The van der Waals surface area contributed by atoms with E-state index in [4.69, 9.17) is 11.6 Å². The maximum atomic E-state index is 12.2. The second-order valence-corrected chi connectivity index (χ2v) is 5.76. The van der Waals surface area contributed by atoms with Crippen molar-refractivity contribution in [3.05, 3.63) is 51.2 Å². The zero-order valence-electron chi connectivity index (χ0n) is 10.6. The largest absolute Gasteiger partial charge is 0.325 e. The molecule has 21 heavy (non-hydrogen) atoms. The molecular formula is C14H9BrClN3O2. The summed E-state index contributed by atoms with van der Waals surface area (Å²) in [6.07, 6.45) is 1.81. The molecule has 2 heterocycles. The van der Waals surface area contributed by atoms with Crippen LogP contribution in [0.1, 0.15) is 16.1 Å². The third-order valence-electron chi connectivity index (χ3n) is 3.04. The highest BCUT2D eigenvalue weighted by atomic mass is 79.9. The first kappa shape index (κ1) is 14.0. The Morgan fingerprint density at radius 1 is 1.43 bits per heavy atom. The van der Waals surface area contributed by atoms with Crippen LogP contribution in [0.2, 0.25) is 5.02 Å². The predicted octanol–water partition coefficient (Wildman–Crippen LogP) is 3.24.